The van der Waals surface area contributed by atoms with Gasteiger partial charge in [0.1, 0.15) is 0 Å². The van der Waals surface area contributed by atoms with E-state index in [0.717, 1.165) is 6.54 Å². The lowest BCUT2D eigenvalue weighted by molar-refractivity contribution is 0.561. The molecule has 1 aliphatic heterocycles. The van der Waals surface area contributed by atoms with Gasteiger partial charge in [0.05, 0.1) is 5.69 Å². The summed E-state index contributed by atoms with van der Waals surface area (Å²) in [5, 5.41) is 1.43. The number of allylic oxidation sites excluding steroid dienone is 7. The maximum absolute atomic E-state index is 3.99. The van der Waals surface area contributed by atoms with Crippen LogP contribution in [0.3, 0.4) is 0 Å². The van der Waals surface area contributed by atoms with Crippen LogP contribution >= 0.6 is 0 Å². The summed E-state index contributed by atoms with van der Waals surface area (Å²) in [4.78, 5) is 0. The summed E-state index contributed by atoms with van der Waals surface area (Å²) in [7, 11) is 0. The van der Waals surface area contributed by atoms with Crippen LogP contribution < -0.4 is 0 Å². The highest BCUT2D eigenvalue weighted by molar-refractivity contribution is 5.95. The summed E-state index contributed by atoms with van der Waals surface area (Å²) in [5.41, 5.74) is 6.89. The Hall–Kier alpha value is -2.28. The third-order valence-electron chi connectivity index (χ3n) is 5.44. The zero-order chi connectivity index (χ0) is 18.5. The van der Waals surface area contributed by atoms with Crippen molar-refractivity contribution in [2.45, 2.75) is 58.9 Å². The Labute approximate surface area is 158 Å². The van der Waals surface area contributed by atoms with E-state index in [1.165, 1.54) is 53.4 Å². The second-order valence-electron chi connectivity index (χ2n) is 7.13. The molecule has 0 amide bonds. The number of benzene rings is 1. The van der Waals surface area contributed by atoms with Crippen LogP contribution in [0.2, 0.25) is 0 Å². The van der Waals surface area contributed by atoms with E-state index < -0.39 is 0 Å². The lowest BCUT2D eigenvalue weighted by Gasteiger charge is -2.20. The molecule has 0 aliphatic carbocycles. The maximum atomic E-state index is 3.99. The molecule has 2 aromatic rings. The van der Waals surface area contributed by atoms with Crippen molar-refractivity contribution in [3.63, 3.8) is 0 Å². The molecular weight excluding hydrogens is 314 g/mol. The minimum Gasteiger partial charge on any atom is -0.336 e. The fraction of sp³-hybridized carbons (Fsp3) is 0.360. The third kappa shape index (κ3) is 3.23. The Morgan fingerprint density at radius 3 is 2.54 bits per heavy atom. The van der Waals surface area contributed by atoms with E-state index in [2.05, 4.69) is 80.5 Å². The molecule has 136 valence electrons. The lowest BCUT2D eigenvalue weighted by Crippen LogP contribution is -2.06. The molecule has 0 saturated heterocycles. The van der Waals surface area contributed by atoms with Crippen LogP contribution in [0.4, 0.5) is 0 Å². The molecule has 0 fully saturated rings. The number of rotatable bonds is 6. The fourth-order valence-electron chi connectivity index (χ4n) is 4.41. The summed E-state index contributed by atoms with van der Waals surface area (Å²) in [6.07, 6.45) is 15.8. The van der Waals surface area contributed by atoms with Crippen molar-refractivity contribution in [3.8, 4) is 0 Å². The smallest absolute Gasteiger partial charge is 0.0535 e. The molecular formula is C25H31N. The number of aromatic nitrogens is 1. The van der Waals surface area contributed by atoms with Crippen LogP contribution in [0.25, 0.3) is 16.5 Å². The molecule has 26 heavy (non-hydrogen) atoms. The van der Waals surface area contributed by atoms with Gasteiger partial charge < -0.3 is 4.57 Å². The predicted octanol–water partition coefficient (Wildman–Crippen LogP) is 7.41. The highest BCUT2D eigenvalue weighted by Gasteiger charge is 2.26. The van der Waals surface area contributed by atoms with Crippen molar-refractivity contribution in [1.29, 1.82) is 0 Å². The monoisotopic (exact) mass is 345 g/mol. The highest BCUT2D eigenvalue weighted by atomic mass is 15.0. The molecule has 1 heteroatoms. The first-order chi connectivity index (χ1) is 12.8. The van der Waals surface area contributed by atoms with Crippen molar-refractivity contribution in [1.82, 2.24) is 4.57 Å². The van der Waals surface area contributed by atoms with Gasteiger partial charge in [-0.25, -0.2) is 0 Å². The molecule has 0 N–H and O–H groups in total. The zero-order valence-electron chi connectivity index (χ0n) is 16.5. The van der Waals surface area contributed by atoms with E-state index in [4.69, 9.17) is 0 Å². The summed E-state index contributed by atoms with van der Waals surface area (Å²) < 4.78 is 2.51. The standard InChI is InChI=1S/C25H31N/c1-5-12-20(13-6-2)24-22-16-9-10-17-23(22)26-18-11-15-19(8-4)21(14-7-3)25(24)26/h7-11,14-17,20H,3,5-6,12-13,18H2,1-2,4H3/b19-8-,21-14+. The van der Waals surface area contributed by atoms with Crippen molar-refractivity contribution in [3.05, 3.63) is 78.1 Å². The first kappa shape index (κ1) is 18.5. The van der Waals surface area contributed by atoms with Gasteiger partial charge in [0.2, 0.25) is 0 Å². The van der Waals surface area contributed by atoms with Crippen LogP contribution in [0, 0.1) is 0 Å². The number of hydrogen-bond acceptors (Lipinski definition) is 0. The lowest BCUT2D eigenvalue weighted by atomic mass is 9.85. The molecule has 3 rings (SSSR count). The minimum absolute atomic E-state index is 0.607. The molecule has 1 aromatic heterocycles. The van der Waals surface area contributed by atoms with Crippen molar-refractivity contribution >= 4 is 16.5 Å². The Morgan fingerprint density at radius 2 is 1.88 bits per heavy atom. The Morgan fingerprint density at radius 1 is 1.15 bits per heavy atom. The van der Waals surface area contributed by atoms with Gasteiger partial charge in [-0.2, -0.15) is 0 Å². The molecule has 0 spiro atoms. The van der Waals surface area contributed by atoms with Gasteiger partial charge in [0.15, 0.2) is 0 Å². The van der Waals surface area contributed by atoms with Gasteiger partial charge in [-0.3, -0.25) is 0 Å². The van der Waals surface area contributed by atoms with E-state index in [9.17, 15) is 0 Å². The van der Waals surface area contributed by atoms with Crippen molar-refractivity contribution in [2.24, 2.45) is 0 Å². The Kier molecular flexibility index (Phi) is 5.98. The van der Waals surface area contributed by atoms with E-state index in [1.54, 1.807) is 5.56 Å². The number of nitrogens with zero attached hydrogens (tertiary/aromatic N) is 1. The van der Waals surface area contributed by atoms with E-state index >= 15 is 0 Å². The zero-order valence-corrected chi connectivity index (χ0v) is 16.5. The Bertz CT molecular complexity index is 867. The molecule has 0 bridgehead atoms. The maximum Gasteiger partial charge on any atom is 0.0535 e. The molecule has 1 nitrogen and oxygen atoms in total. The van der Waals surface area contributed by atoms with Crippen LogP contribution in [-0.2, 0) is 6.54 Å². The second kappa shape index (κ2) is 8.40. The molecule has 0 saturated carbocycles. The van der Waals surface area contributed by atoms with Gasteiger partial charge in [-0.15, -0.1) is 0 Å². The average Bonchev–Trinajstić information content (AvgIpc) is 2.86. The van der Waals surface area contributed by atoms with Gasteiger partial charge in [0, 0.05) is 23.0 Å². The molecule has 2 heterocycles. The second-order valence-corrected chi connectivity index (χ2v) is 7.13. The van der Waals surface area contributed by atoms with Gasteiger partial charge in [-0.05, 0) is 42.9 Å². The van der Waals surface area contributed by atoms with Crippen LogP contribution in [-0.4, -0.2) is 4.57 Å². The van der Waals surface area contributed by atoms with E-state index in [1.807, 2.05) is 6.08 Å². The normalized spacial score (nSPS) is 17.2. The van der Waals surface area contributed by atoms with Gasteiger partial charge in [0.25, 0.3) is 0 Å². The Balaban J connectivity index is 2.38. The summed E-state index contributed by atoms with van der Waals surface area (Å²) >= 11 is 0. The largest absolute Gasteiger partial charge is 0.336 e. The third-order valence-corrected chi connectivity index (χ3v) is 5.44. The average molecular weight is 346 g/mol. The number of fused-ring (bicyclic) bond motifs is 3. The minimum atomic E-state index is 0.607. The van der Waals surface area contributed by atoms with Crippen LogP contribution in [0.1, 0.15) is 63.6 Å². The quantitative estimate of drug-likeness (QED) is 0.513. The van der Waals surface area contributed by atoms with Gasteiger partial charge in [-0.1, -0.05) is 81.8 Å². The summed E-state index contributed by atoms with van der Waals surface area (Å²) in [6, 6.07) is 8.94. The number of hydrogen-bond donors (Lipinski definition) is 0. The topological polar surface area (TPSA) is 4.93 Å². The first-order valence-electron chi connectivity index (χ1n) is 10.0. The highest BCUT2D eigenvalue weighted by Crippen LogP contribution is 2.42. The van der Waals surface area contributed by atoms with E-state index in [0.29, 0.717) is 5.92 Å². The number of para-hydroxylation sites is 1. The predicted molar refractivity (Wildman–Crippen MR) is 116 cm³/mol. The molecule has 0 unspecified atom stereocenters. The molecule has 0 radical (unpaired) electrons. The van der Waals surface area contributed by atoms with Gasteiger partial charge >= 0.3 is 0 Å². The summed E-state index contributed by atoms with van der Waals surface area (Å²) in [6.45, 7) is 11.7. The molecule has 0 atom stereocenters. The fourth-order valence-corrected chi connectivity index (χ4v) is 4.41. The molecule has 1 aromatic carbocycles. The van der Waals surface area contributed by atoms with Crippen molar-refractivity contribution in [2.75, 3.05) is 0 Å². The summed E-state index contributed by atoms with van der Waals surface area (Å²) in [5.74, 6) is 0.607. The first-order valence-corrected chi connectivity index (χ1v) is 10.0. The SMILES string of the molecule is C=C/C=C1\C(=C/C)C=CCn2c1c(C(CCC)CCC)c1ccccc12. The van der Waals surface area contributed by atoms with Crippen molar-refractivity contribution < 1.29 is 0 Å². The van der Waals surface area contributed by atoms with Crippen LogP contribution in [0.15, 0.2) is 66.8 Å². The van der Waals surface area contributed by atoms with E-state index in [-0.39, 0.29) is 0 Å². The van der Waals surface area contributed by atoms with Crippen LogP contribution in [0.5, 0.6) is 0 Å². The molecule has 1 aliphatic rings.